The van der Waals surface area contributed by atoms with Crippen LogP contribution in [-0.4, -0.2) is 26.8 Å². The largest absolute Gasteiger partial charge is 0.331 e. The maximum atomic E-state index is 11.7. The number of H-pyrrole nitrogens is 1. The van der Waals surface area contributed by atoms with E-state index < -0.39 is 0 Å². The summed E-state index contributed by atoms with van der Waals surface area (Å²) in [6.07, 6.45) is 3.12. The van der Waals surface area contributed by atoms with Crippen LogP contribution in [0.1, 0.15) is 17.4 Å². The smallest absolute Gasteiger partial charge is 0.277 e. The van der Waals surface area contributed by atoms with Gasteiger partial charge in [-0.3, -0.25) is 14.9 Å². The molecule has 0 saturated heterocycles. The van der Waals surface area contributed by atoms with Crippen molar-refractivity contribution in [3.63, 3.8) is 0 Å². The number of hydrogen-bond donors (Lipinski definition) is 3. The van der Waals surface area contributed by atoms with Gasteiger partial charge in [0.2, 0.25) is 11.9 Å². The number of carbonyl (C=O) groups is 2. The molecule has 0 bridgehead atoms. The molecule has 2 rings (SSSR count). The first kappa shape index (κ1) is 11.3. The van der Waals surface area contributed by atoms with Crippen LogP contribution in [0.15, 0.2) is 17.8 Å². The lowest BCUT2D eigenvalue weighted by atomic mass is 10.4. The van der Waals surface area contributed by atoms with Gasteiger partial charge in [0, 0.05) is 24.7 Å². The van der Waals surface area contributed by atoms with Crippen molar-refractivity contribution in [2.24, 2.45) is 0 Å². The minimum Gasteiger partial charge on any atom is -0.331 e. The lowest BCUT2D eigenvalue weighted by Gasteiger charge is -1.97. The second-order valence-corrected chi connectivity index (χ2v) is 3.97. The number of anilines is 2. The highest BCUT2D eigenvalue weighted by Gasteiger charge is 2.12. The van der Waals surface area contributed by atoms with Crippen LogP contribution in [0, 0.1) is 0 Å². The van der Waals surface area contributed by atoms with E-state index in [9.17, 15) is 9.59 Å². The van der Waals surface area contributed by atoms with E-state index in [4.69, 9.17) is 0 Å². The number of rotatable bonds is 3. The summed E-state index contributed by atoms with van der Waals surface area (Å²) in [6, 6.07) is 0. The van der Waals surface area contributed by atoms with Gasteiger partial charge >= 0.3 is 0 Å². The highest BCUT2D eigenvalue weighted by atomic mass is 32.1. The first-order valence-corrected chi connectivity index (χ1v) is 5.57. The van der Waals surface area contributed by atoms with E-state index in [1.165, 1.54) is 24.5 Å². The van der Waals surface area contributed by atoms with Crippen LogP contribution in [0.3, 0.4) is 0 Å². The Morgan fingerprint density at radius 2 is 2.24 bits per heavy atom. The topological polar surface area (TPSA) is 99.8 Å². The maximum Gasteiger partial charge on any atom is 0.277 e. The molecule has 0 spiro atoms. The number of thiazole rings is 1. The summed E-state index contributed by atoms with van der Waals surface area (Å²) in [7, 11) is 0. The van der Waals surface area contributed by atoms with Crippen molar-refractivity contribution >= 4 is 34.2 Å². The predicted molar refractivity (Wildman–Crippen MR) is 63.0 cm³/mol. The minimum atomic E-state index is -0.382. The van der Waals surface area contributed by atoms with Crippen LogP contribution in [0.2, 0.25) is 0 Å². The van der Waals surface area contributed by atoms with Crippen LogP contribution in [0.4, 0.5) is 11.1 Å². The summed E-state index contributed by atoms with van der Waals surface area (Å²) in [5, 5.41) is 6.98. The number of aromatic amines is 1. The fraction of sp³-hybridized carbons (Fsp3) is 0.111. The van der Waals surface area contributed by atoms with Gasteiger partial charge in [0.05, 0.1) is 0 Å². The van der Waals surface area contributed by atoms with Crippen LogP contribution < -0.4 is 10.6 Å². The minimum absolute atomic E-state index is 0.225. The van der Waals surface area contributed by atoms with E-state index in [0.29, 0.717) is 11.1 Å². The van der Waals surface area contributed by atoms with Crippen LogP contribution >= 0.6 is 11.3 Å². The molecule has 8 heteroatoms. The van der Waals surface area contributed by atoms with E-state index in [1.54, 1.807) is 11.6 Å². The molecule has 2 aromatic rings. The molecule has 0 aliphatic heterocycles. The maximum absolute atomic E-state index is 11.7. The number of hydrogen-bond acceptors (Lipinski definition) is 5. The van der Waals surface area contributed by atoms with Gasteiger partial charge in [0.1, 0.15) is 5.69 Å². The third kappa shape index (κ3) is 2.88. The molecule has 0 unspecified atom stereocenters. The zero-order valence-corrected chi connectivity index (χ0v) is 9.67. The molecule has 88 valence electrons. The fourth-order valence-electron chi connectivity index (χ4n) is 1.09. The fourth-order valence-corrected chi connectivity index (χ4v) is 1.83. The van der Waals surface area contributed by atoms with Crippen molar-refractivity contribution in [3.05, 3.63) is 23.5 Å². The third-order valence-electron chi connectivity index (χ3n) is 1.75. The number of imidazole rings is 1. The second-order valence-electron chi connectivity index (χ2n) is 3.11. The number of carbonyl (C=O) groups excluding carboxylic acids is 2. The van der Waals surface area contributed by atoms with Gasteiger partial charge < -0.3 is 10.3 Å². The zero-order chi connectivity index (χ0) is 12.3. The third-order valence-corrected chi connectivity index (χ3v) is 2.51. The van der Waals surface area contributed by atoms with Gasteiger partial charge in [-0.05, 0) is 0 Å². The molecule has 0 fully saturated rings. The monoisotopic (exact) mass is 251 g/mol. The average molecular weight is 251 g/mol. The first-order chi connectivity index (χ1) is 8.15. The Morgan fingerprint density at radius 1 is 1.41 bits per heavy atom. The number of nitrogens with zero attached hydrogens (tertiary/aromatic N) is 2. The Kier molecular flexibility index (Phi) is 3.15. The molecule has 17 heavy (non-hydrogen) atoms. The molecule has 0 atom stereocenters. The van der Waals surface area contributed by atoms with Crippen LogP contribution in [0.25, 0.3) is 0 Å². The molecule has 2 heterocycles. The predicted octanol–water partition coefficient (Wildman–Crippen LogP) is 1.08. The van der Waals surface area contributed by atoms with Crippen LogP contribution in [0.5, 0.6) is 0 Å². The number of nitrogens with one attached hydrogen (secondary N) is 3. The number of amides is 2. The molecule has 0 aromatic carbocycles. The van der Waals surface area contributed by atoms with Crippen molar-refractivity contribution in [3.8, 4) is 0 Å². The van der Waals surface area contributed by atoms with Gasteiger partial charge in [0.15, 0.2) is 5.13 Å². The van der Waals surface area contributed by atoms with Crippen molar-refractivity contribution in [2.45, 2.75) is 6.92 Å². The Balaban J connectivity index is 2.04. The van der Waals surface area contributed by atoms with Crippen LogP contribution in [-0.2, 0) is 4.79 Å². The van der Waals surface area contributed by atoms with E-state index in [1.807, 2.05) is 0 Å². The molecular formula is C9H9N5O2S. The Bertz CT molecular complexity index is 533. The lowest BCUT2D eigenvalue weighted by Crippen LogP contribution is -2.13. The summed E-state index contributed by atoms with van der Waals surface area (Å²) in [6.45, 7) is 1.38. The van der Waals surface area contributed by atoms with Gasteiger partial charge in [0.25, 0.3) is 5.91 Å². The summed E-state index contributed by atoms with van der Waals surface area (Å²) in [4.78, 5) is 33.0. The Morgan fingerprint density at radius 3 is 2.88 bits per heavy atom. The van der Waals surface area contributed by atoms with Crippen molar-refractivity contribution in [2.75, 3.05) is 10.6 Å². The van der Waals surface area contributed by atoms with E-state index >= 15 is 0 Å². The molecule has 3 N–H and O–H groups in total. The number of aromatic nitrogens is 3. The molecule has 0 aliphatic carbocycles. The molecule has 2 amide bonds. The second kappa shape index (κ2) is 4.74. The Hall–Kier alpha value is -2.22. The van der Waals surface area contributed by atoms with Crippen molar-refractivity contribution in [1.82, 2.24) is 15.0 Å². The quantitative estimate of drug-likeness (QED) is 0.759. The lowest BCUT2D eigenvalue weighted by molar-refractivity contribution is -0.114. The van der Waals surface area contributed by atoms with Gasteiger partial charge in [-0.2, -0.15) is 0 Å². The summed E-state index contributed by atoms with van der Waals surface area (Å²) < 4.78 is 0. The van der Waals surface area contributed by atoms with E-state index in [0.717, 1.165) is 0 Å². The normalized spacial score (nSPS) is 9.94. The molecular weight excluding hydrogens is 242 g/mol. The summed E-state index contributed by atoms with van der Waals surface area (Å²) in [5.41, 5.74) is 0.232. The summed E-state index contributed by atoms with van der Waals surface area (Å²) in [5.74, 6) is -0.255. The first-order valence-electron chi connectivity index (χ1n) is 4.69. The highest BCUT2D eigenvalue weighted by molar-refractivity contribution is 7.14. The molecule has 0 radical (unpaired) electrons. The summed E-state index contributed by atoms with van der Waals surface area (Å²) >= 11 is 1.18. The van der Waals surface area contributed by atoms with Gasteiger partial charge in [-0.25, -0.2) is 9.97 Å². The highest BCUT2D eigenvalue weighted by Crippen LogP contribution is 2.15. The van der Waals surface area contributed by atoms with Gasteiger partial charge in [-0.1, -0.05) is 0 Å². The average Bonchev–Trinajstić information content (AvgIpc) is 2.87. The molecule has 0 aliphatic rings. The van der Waals surface area contributed by atoms with Crippen molar-refractivity contribution < 1.29 is 9.59 Å². The molecule has 0 saturated carbocycles. The van der Waals surface area contributed by atoms with Crippen molar-refractivity contribution in [1.29, 1.82) is 0 Å². The zero-order valence-electron chi connectivity index (χ0n) is 8.85. The Labute approximate surface area is 100 Å². The SMILES string of the molecule is CC(=O)Nc1nc(C(=O)Nc2ncc[nH]2)cs1. The standard InChI is InChI=1S/C9H9N5O2S/c1-5(15)12-9-13-6(4-17-9)7(16)14-8-10-2-3-11-8/h2-4H,1H3,(H,12,13,15)(H2,10,11,14,16). The molecule has 7 nitrogen and oxygen atoms in total. The van der Waals surface area contributed by atoms with E-state index in [2.05, 4.69) is 25.6 Å². The molecule has 2 aromatic heterocycles. The van der Waals surface area contributed by atoms with Gasteiger partial charge in [-0.15, -0.1) is 11.3 Å². The van der Waals surface area contributed by atoms with E-state index in [-0.39, 0.29) is 17.5 Å².